The molecule has 0 bridgehead atoms. The lowest BCUT2D eigenvalue weighted by Gasteiger charge is -2.42. The van der Waals surface area contributed by atoms with Crippen LogP contribution in [0.25, 0.3) is 0 Å². The molecule has 2 aliphatic rings. The van der Waals surface area contributed by atoms with Gasteiger partial charge in [-0.25, -0.2) is 0 Å². The molecular formula is C12H22. The van der Waals surface area contributed by atoms with Gasteiger partial charge in [-0.1, -0.05) is 39.0 Å². The predicted molar refractivity (Wildman–Crippen MR) is 53.2 cm³/mol. The summed E-state index contributed by atoms with van der Waals surface area (Å²) >= 11 is 0. The monoisotopic (exact) mass is 167 g/mol. The molecule has 0 aliphatic heterocycles. The maximum atomic E-state index is 8.03. The zero-order chi connectivity index (χ0) is 9.36. The van der Waals surface area contributed by atoms with Crippen molar-refractivity contribution in [2.45, 2.75) is 64.7 Å². The van der Waals surface area contributed by atoms with Crippen LogP contribution in [0.1, 0.15) is 66.1 Å². The summed E-state index contributed by atoms with van der Waals surface area (Å²) in [4.78, 5) is 0. The minimum absolute atomic E-state index is 0.0945. The van der Waals surface area contributed by atoms with E-state index in [2.05, 4.69) is 6.92 Å². The first-order chi connectivity index (χ1) is 6.12. The van der Waals surface area contributed by atoms with E-state index in [1.165, 1.54) is 44.9 Å². The van der Waals surface area contributed by atoms with Gasteiger partial charge in [0.25, 0.3) is 0 Å². The van der Waals surface area contributed by atoms with Crippen LogP contribution in [0.2, 0.25) is 0 Å². The van der Waals surface area contributed by atoms with E-state index in [1.807, 2.05) is 0 Å². The van der Waals surface area contributed by atoms with Crippen molar-refractivity contribution in [1.29, 1.82) is 0 Å². The Hall–Kier alpha value is 0. The molecule has 0 aromatic rings. The van der Waals surface area contributed by atoms with Crippen molar-refractivity contribution in [1.82, 2.24) is 0 Å². The molecular weight excluding hydrogens is 144 g/mol. The summed E-state index contributed by atoms with van der Waals surface area (Å²) in [7, 11) is 0. The van der Waals surface area contributed by atoms with Gasteiger partial charge < -0.3 is 0 Å². The van der Waals surface area contributed by atoms with E-state index in [0.29, 0.717) is 5.41 Å². The predicted octanol–water partition coefficient (Wildman–Crippen LogP) is 4.15. The third-order valence-corrected chi connectivity index (χ3v) is 4.08. The van der Waals surface area contributed by atoms with Crippen molar-refractivity contribution in [3.05, 3.63) is 0 Å². The molecule has 1 spiro atoms. The molecule has 0 radical (unpaired) electrons. The fraction of sp³-hybridized carbons (Fsp3) is 1.00. The SMILES string of the molecule is [2H]C1(C)CCC2(CCCCC2)CC1. The van der Waals surface area contributed by atoms with Gasteiger partial charge in [-0.15, -0.1) is 0 Å². The third kappa shape index (κ3) is 1.67. The molecule has 0 aromatic heterocycles. The van der Waals surface area contributed by atoms with Crippen LogP contribution in [0, 0.1) is 11.3 Å². The quantitative estimate of drug-likeness (QED) is 0.508. The highest BCUT2D eigenvalue weighted by atomic mass is 14.4. The van der Waals surface area contributed by atoms with Gasteiger partial charge in [0.1, 0.15) is 0 Å². The summed E-state index contributed by atoms with van der Waals surface area (Å²) in [5.74, 6) is -0.0945. The summed E-state index contributed by atoms with van der Waals surface area (Å²) in [5.41, 5.74) is 0.693. The normalized spacial score (nSPS) is 34.6. The molecule has 0 N–H and O–H groups in total. The van der Waals surface area contributed by atoms with Crippen LogP contribution >= 0.6 is 0 Å². The van der Waals surface area contributed by atoms with Gasteiger partial charge in [0, 0.05) is 1.37 Å². The molecule has 0 heteroatoms. The molecule has 0 aromatic carbocycles. The van der Waals surface area contributed by atoms with E-state index in [1.54, 1.807) is 0 Å². The van der Waals surface area contributed by atoms with Gasteiger partial charge in [0.05, 0.1) is 0 Å². The third-order valence-electron chi connectivity index (χ3n) is 4.08. The van der Waals surface area contributed by atoms with Crippen LogP contribution in [0.3, 0.4) is 0 Å². The lowest BCUT2D eigenvalue weighted by atomic mass is 9.63. The van der Waals surface area contributed by atoms with Crippen molar-refractivity contribution in [3.8, 4) is 0 Å². The van der Waals surface area contributed by atoms with Crippen LogP contribution in [0.4, 0.5) is 0 Å². The maximum Gasteiger partial charge on any atom is 0.0300 e. The first-order valence-corrected chi connectivity index (χ1v) is 5.62. The van der Waals surface area contributed by atoms with Crippen LogP contribution in [-0.4, -0.2) is 0 Å². The largest absolute Gasteiger partial charge is 0.0625 e. The Morgan fingerprint density at radius 1 is 1.00 bits per heavy atom. The highest BCUT2D eigenvalue weighted by Crippen LogP contribution is 2.48. The molecule has 12 heavy (non-hydrogen) atoms. The van der Waals surface area contributed by atoms with Crippen LogP contribution in [0.5, 0.6) is 0 Å². The molecule has 0 amide bonds. The van der Waals surface area contributed by atoms with E-state index in [-0.39, 0.29) is 5.89 Å². The fourth-order valence-corrected chi connectivity index (χ4v) is 3.01. The second-order valence-corrected chi connectivity index (χ2v) is 5.02. The summed E-state index contributed by atoms with van der Waals surface area (Å²) in [6.45, 7) is 2.11. The van der Waals surface area contributed by atoms with E-state index in [9.17, 15) is 0 Å². The van der Waals surface area contributed by atoms with Crippen LogP contribution in [0.15, 0.2) is 0 Å². The Morgan fingerprint density at radius 2 is 1.58 bits per heavy atom. The molecule has 0 atom stereocenters. The standard InChI is InChI=1S/C12H22/c1-11-5-9-12(10-6-11)7-3-2-4-8-12/h11H,2-10H2,1H3/i11D. The van der Waals surface area contributed by atoms with Crippen LogP contribution in [-0.2, 0) is 0 Å². The van der Waals surface area contributed by atoms with Gasteiger partial charge in [0.15, 0.2) is 0 Å². The number of hydrogen-bond acceptors (Lipinski definition) is 0. The summed E-state index contributed by atoms with van der Waals surface area (Å²) in [6, 6.07) is 0. The molecule has 2 saturated carbocycles. The minimum atomic E-state index is -0.0945. The Morgan fingerprint density at radius 3 is 2.17 bits per heavy atom. The Kier molecular flexibility index (Phi) is 2.10. The van der Waals surface area contributed by atoms with E-state index in [4.69, 9.17) is 1.37 Å². The summed E-state index contributed by atoms with van der Waals surface area (Å²) < 4.78 is 8.03. The molecule has 0 heterocycles. The first kappa shape index (κ1) is 7.41. The second kappa shape index (κ2) is 3.40. The average molecular weight is 167 g/mol. The number of rotatable bonds is 0. The highest BCUT2D eigenvalue weighted by molar-refractivity contribution is 4.86. The first-order valence-electron chi connectivity index (χ1n) is 6.12. The highest BCUT2D eigenvalue weighted by Gasteiger charge is 2.34. The zero-order valence-electron chi connectivity index (χ0n) is 9.36. The molecule has 2 fully saturated rings. The number of hydrogen-bond donors (Lipinski definition) is 0. The lowest BCUT2D eigenvalue weighted by Crippen LogP contribution is -2.28. The topological polar surface area (TPSA) is 0 Å². The Bertz CT molecular complexity index is 166. The summed E-state index contributed by atoms with van der Waals surface area (Å²) in [5, 5.41) is 0. The fourth-order valence-electron chi connectivity index (χ4n) is 3.01. The second-order valence-electron chi connectivity index (χ2n) is 5.02. The molecule has 70 valence electrons. The smallest absolute Gasteiger partial charge is 0.0300 e. The van der Waals surface area contributed by atoms with Gasteiger partial charge >= 0.3 is 0 Å². The Labute approximate surface area is 78.1 Å². The average Bonchev–Trinajstić information content (AvgIpc) is 2.13. The van der Waals surface area contributed by atoms with E-state index < -0.39 is 0 Å². The molecule has 2 rings (SSSR count). The van der Waals surface area contributed by atoms with E-state index >= 15 is 0 Å². The Balaban J connectivity index is 1.95. The van der Waals surface area contributed by atoms with Crippen molar-refractivity contribution in [3.63, 3.8) is 0 Å². The van der Waals surface area contributed by atoms with Gasteiger partial charge in [0.2, 0.25) is 0 Å². The zero-order valence-corrected chi connectivity index (χ0v) is 8.36. The molecule has 0 unspecified atom stereocenters. The van der Waals surface area contributed by atoms with Crippen molar-refractivity contribution in [2.24, 2.45) is 11.3 Å². The van der Waals surface area contributed by atoms with Gasteiger partial charge in [-0.05, 0) is 37.0 Å². The van der Waals surface area contributed by atoms with E-state index in [0.717, 1.165) is 12.8 Å². The molecule has 0 nitrogen and oxygen atoms in total. The van der Waals surface area contributed by atoms with Gasteiger partial charge in [-0.2, -0.15) is 0 Å². The maximum absolute atomic E-state index is 8.03. The van der Waals surface area contributed by atoms with Crippen LogP contribution < -0.4 is 0 Å². The van der Waals surface area contributed by atoms with Crippen molar-refractivity contribution >= 4 is 0 Å². The minimum Gasteiger partial charge on any atom is -0.0625 e. The lowest BCUT2D eigenvalue weighted by molar-refractivity contribution is 0.102. The van der Waals surface area contributed by atoms with Crippen molar-refractivity contribution < 1.29 is 1.37 Å². The molecule has 0 saturated heterocycles. The van der Waals surface area contributed by atoms with Gasteiger partial charge in [-0.3, -0.25) is 0 Å². The molecule has 2 aliphatic carbocycles. The summed E-state index contributed by atoms with van der Waals surface area (Å²) in [6.07, 6.45) is 12.3. The van der Waals surface area contributed by atoms with Crippen molar-refractivity contribution in [2.75, 3.05) is 0 Å².